The van der Waals surface area contributed by atoms with Crippen LogP contribution in [0.15, 0.2) is 12.2 Å². The van der Waals surface area contributed by atoms with Gasteiger partial charge in [-0.2, -0.15) is 0 Å². The molecule has 2 heteroatoms. The van der Waals surface area contributed by atoms with E-state index >= 15 is 0 Å². The van der Waals surface area contributed by atoms with Crippen molar-refractivity contribution >= 4 is 0 Å². The van der Waals surface area contributed by atoms with Crippen LogP contribution in [0.1, 0.15) is 96.8 Å². The van der Waals surface area contributed by atoms with Crippen LogP contribution in [0.2, 0.25) is 0 Å². The maximum Gasteiger partial charge on any atom is 0.0960 e. The molecule has 2 N–H and O–H groups in total. The first-order chi connectivity index (χ1) is 10.8. The Bertz CT molecular complexity index is 260. The molecule has 1 fully saturated rings. The molecule has 1 aliphatic rings. The molecule has 0 saturated carbocycles. The van der Waals surface area contributed by atoms with E-state index in [-0.39, 0.29) is 0 Å². The van der Waals surface area contributed by atoms with Gasteiger partial charge in [0.2, 0.25) is 0 Å². The summed E-state index contributed by atoms with van der Waals surface area (Å²) in [5, 5.41) is 0. The van der Waals surface area contributed by atoms with Crippen LogP contribution < -0.4 is 5.73 Å². The zero-order chi connectivity index (χ0) is 15.9. The zero-order valence-electron chi connectivity index (χ0n) is 14.9. The van der Waals surface area contributed by atoms with Gasteiger partial charge in [-0.15, -0.1) is 0 Å². The smallest absolute Gasteiger partial charge is 0.0960 e. The number of epoxide rings is 1. The zero-order valence-corrected chi connectivity index (χ0v) is 14.9. The molecule has 1 heterocycles. The van der Waals surface area contributed by atoms with Gasteiger partial charge in [-0.05, 0) is 32.1 Å². The number of hydrogen-bond acceptors (Lipinski definition) is 2. The highest BCUT2D eigenvalue weighted by atomic mass is 16.6. The van der Waals surface area contributed by atoms with Crippen LogP contribution in [0.25, 0.3) is 0 Å². The molecule has 0 aromatic heterocycles. The highest BCUT2D eigenvalue weighted by molar-refractivity contribution is 4.82. The number of ether oxygens (including phenoxy) is 1. The van der Waals surface area contributed by atoms with Gasteiger partial charge in [0.25, 0.3) is 0 Å². The Morgan fingerprint density at radius 3 is 1.91 bits per heavy atom. The van der Waals surface area contributed by atoms with Crippen LogP contribution in [-0.2, 0) is 4.74 Å². The van der Waals surface area contributed by atoms with Gasteiger partial charge >= 0.3 is 0 Å². The molecule has 2 nitrogen and oxygen atoms in total. The van der Waals surface area contributed by atoms with Gasteiger partial charge in [-0.25, -0.2) is 0 Å². The minimum Gasteiger partial charge on any atom is -0.371 e. The maximum atomic E-state index is 6.00. The summed E-state index contributed by atoms with van der Waals surface area (Å²) in [5.74, 6) is 0. The Morgan fingerprint density at radius 1 is 0.864 bits per heavy atom. The van der Waals surface area contributed by atoms with Gasteiger partial charge in [0.1, 0.15) is 0 Å². The van der Waals surface area contributed by atoms with E-state index in [0.29, 0.717) is 12.1 Å². The quantitative estimate of drug-likeness (QED) is 0.224. The molecule has 0 radical (unpaired) electrons. The molecule has 1 aliphatic heterocycles. The van der Waals surface area contributed by atoms with Gasteiger partial charge in [-0.3, -0.25) is 0 Å². The van der Waals surface area contributed by atoms with Crippen LogP contribution in [-0.4, -0.2) is 18.8 Å². The second-order valence-electron chi connectivity index (χ2n) is 6.91. The van der Waals surface area contributed by atoms with E-state index in [4.69, 9.17) is 10.5 Å². The van der Waals surface area contributed by atoms with Crippen LogP contribution in [0.3, 0.4) is 0 Å². The Kier molecular flexibility index (Phi) is 12.8. The van der Waals surface area contributed by atoms with E-state index in [1.807, 2.05) is 0 Å². The van der Waals surface area contributed by atoms with Crippen molar-refractivity contribution in [3.8, 4) is 0 Å². The average molecular weight is 310 g/mol. The molecule has 0 aromatic rings. The molecule has 0 spiro atoms. The van der Waals surface area contributed by atoms with Crippen molar-refractivity contribution in [1.82, 2.24) is 0 Å². The van der Waals surface area contributed by atoms with E-state index in [1.54, 1.807) is 0 Å². The lowest BCUT2D eigenvalue weighted by atomic mass is 10.0. The van der Waals surface area contributed by atoms with E-state index in [1.165, 1.54) is 83.5 Å². The van der Waals surface area contributed by atoms with E-state index in [2.05, 4.69) is 19.1 Å². The van der Waals surface area contributed by atoms with Crippen LogP contribution >= 0.6 is 0 Å². The van der Waals surface area contributed by atoms with Crippen molar-refractivity contribution in [1.29, 1.82) is 0 Å². The van der Waals surface area contributed by atoms with Crippen molar-refractivity contribution in [3.05, 3.63) is 12.2 Å². The Balaban J connectivity index is 1.70. The van der Waals surface area contributed by atoms with Crippen molar-refractivity contribution in [2.75, 3.05) is 6.61 Å². The molecule has 0 aromatic carbocycles. The van der Waals surface area contributed by atoms with Crippen molar-refractivity contribution in [3.63, 3.8) is 0 Å². The first kappa shape index (κ1) is 19.7. The van der Waals surface area contributed by atoms with E-state index < -0.39 is 0 Å². The lowest BCUT2D eigenvalue weighted by Gasteiger charge is -2.07. The highest BCUT2D eigenvalue weighted by Gasteiger charge is 2.29. The number of hydrogen-bond donors (Lipinski definition) is 1. The third kappa shape index (κ3) is 12.2. The molecule has 0 amide bonds. The van der Waals surface area contributed by atoms with Crippen molar-refractivity contribution in [2.45, 2.75) is 109 Å². The summed E-state index contributed by atoms with van der Waals surface area (Å²) in [6.45, 7) is 3.17. The average Bonchev–Trinajstić information content (AvgIpc) is 3.36. The van der Waals surface area contributed by atoms with Crippen LogP contribution in [0.5, 0.6) is 0 Å². The van der Waals surface area contributed by atoms with E-state index in [0.717, 1.165) is 13.0 Å². The molecule has 22 heavy (non-hydrogen) atoms. The Labute approximate surface area is 138 Å². The Hall–Kier alpha value is -0.340. The first-order valence-corrected chi connectivity index (χ1v) is 9.86. The van der Waals surface area contributed by atoms with Gasteiger partial charge in [-0.1, -0.05) is 76.9 Å². The van der Waals surface area contributed by atoms with E-state index in [9.17, 15) is 0 Å². The lowest BCUT2D eigenvalue weighted by Crippen LogP contribution is -2.26. The molecule has 2 atom stereocenters. The van der Waals surface area contributed by atoms with Gasteiger partial charge in [0, 0.05) is 6.04 Å². The molecule has 2 unspecified atom stereocenters. The monoisotopic (exact) mass is 309 g/mol. The van der Waals surface area contributed by atoms with Gasteiger partial charge in [0.05, 0.1) is 12.7 Å². The normalized spacial score (nSPS) is 18.9. The molecule has 0 bridgehead atoms. The molecular formula is C20H39NO. The standard InChI is InChI=1S/C20H39NO/c1-2-3-4-5-6-7-8-9-10-11-12-13-14-15-16-17-19(21)20-18-22-20/h9-10,19-20H,2-8,11-18,21H2,1H3/b10-9-. The minimum absolute atomic E-state index is 0.296. The molecule has 130 valence electrons. The molecule has 1 saturated heterocycles. The largest absolute Gasteiger partial charge is 0.371 e. The number of allylic oxidation sites excluding steroid dienone is 2. The number of nitrogens with two attached hydrogens (primary N) is 1. The van der Waals surface area contributed by atoms with Crippen molar-refractivity contribution in [2.24, 2.45) is 5.73 Å². The van der Waals surface area contributed by atoms with Crippen molar-refractivity contribution < 1.29 is 4.74 Å². The summed E-state index contributed by atoms with van der Waals surface area (Å²) in [5.41, 5.74) is 6.00. The fourth-order valence-corrected chi connectivity index (χ4v) is 2.94. The summed E-state index contributed by atoms with van der Waals surface area (Å²) in [4.78, 5) is 0. The number of unbranched alkanes of at least 4 members (excludes halogenated alkanes) is 11. The first-order valence-electron chi connectivity index (χ1n) is 9.86. The summed E-state index contributed by atoms with van der Waals surface area (Å²) < 4.78 is 5.21. The van der Waals surface area contributed by atoms with Gasteiger partial charge < -0.3 is 10.5 Å². The topological polar surface area (TPSA) is 38.5 Å². The third-order valence-corrected chi connectivity index (χ3v) is 4.64. The number of rotatable bonds is 16. The van der Waals surface area contributed by atoms with Gasteiger partial charge in [0.15, 0.2) is 0 Å². The second kappa shape index (κ2) is 14.3. The SMILES string of the molecule is CCCCCCCC/C=C\CCCCCCCC(N)C1CO1. The molecule has 0 aliphatic carbocycles. The summed E-state index contributed by atoms with van der Waals surface area (Å²) in [7, 11) is 0. The summed E-state index contributed by atoms with van der Waals surface area (Å²) >= 11 is 0. The molecular weight excluding hydrogens is 270 g/mol. The highest BCUT2D eigenvalue weighted by Crippen LogP contribution is 2.17. The van der Waals surface area contributed by atoms with Crippen LogP contribution in [0.4, 0.5) is 0 Å². The fraction of sp³-hybridized carbons (Fsp3) is 0.900. The predicted molar refractivity (Wildman–Crippen MR) is 97.2 cm³/mol. The lowest BCUT2D eigenvalue weighted by molar-refractivity contribution is 0.358. The second-order valence-corrected chi connectivity index (χ2v) is 6.91. The third-order valence-electron chi connectivity index (χ3n) is 4.64. The summed E-state index contributed by atoms with van der Waals surface area (Å²) in [6.07, 6.45) is 24.0. The van der Waals surface area contributed by atoms with Crippen LogP contribution in [0, 0.1) is 0 Å². The maximum absolute atomic E-state index is 6.00. The summed E-state index contributed by atoms with van der Waals surface area (Å²) in [6, 6.07) is 0.296. The Morgan fingerprint density at radius 2 is 1.36 bits per heavy atom. The predicted octanol–water partition coefficient (Wildman–Crippen LogP) is 5.75. The minimum atomic E-state index is 0.296. The fourth-order valence-electron chi connectivity index (χ4n) is 2.94. The molecule has 1 rings (SSSR count).